The summed E-state index contributed by atoms with van der Waals surface area (Å²) in [4.78, 5) is 0. The van der Waals surface area contributed by atoms with E-state index in [-0.39, 0.29) is 6.10 Å². The van der Waals surface area contributed by atoms with Crippen molar-refractivity contribution in [3.8, 4) is 11.5 Å². The van der Waals surface area contributed by atoms with Crippen LogP contribution in [-0.2, 0) is 0 Å². The minimum Gasteiger partial charge on any atom is -0.494 e. The van der Waals surface area contributed by atoms with E-state index in [0.717, 1.165) is 24.3 Å². The Morgan fingerprint density at radius 3 is 2.12 bits per heavy atom. The Morgan fingerprint density at radius 2 is 1.62 bits per heavy atom. The third-order valence-corrected chi connectivity index (χ3v) is 2.20. The van der Waals surface area contributed by atoms with Crippen molar-refractivity contribution in [3.05, 3.63) is 24.3 Å². The number of benzene rings is 1. The van der Waals surface area contributed by atoms with Crippen LogP contribution in [-0.4, -0.2) is 24.4 Å². The summed E-state index contributed by atoms with van der Waals surface area (Å²) in [6.45, 7) is 5.00. The summed E-state index contributed by atoms with van der Waals surface area (Å²) in [6, 6.07) is 7.43. The Bertz CT molecular complexity index is 282. The van der Waals surface area contributed by atoms with Crippen LogP contribution in [0.25, 0.3) is 0 Å². The third kappa shape index (κ3) is 4.53. The summed E-state index contributed by atoms with van der Waals surface area (Å²) in [5.41, 5.74) is 0. The normalized spacial score (nSPS) is 12.2. The Kier molecular flexibility index (Phi) is 5.72. The van der Waals surface area contributed by atoms with Gasteiger partial charge in [-0.15, -0.1) is 0 Å². The molecule has 0 spiro atoms. The van der Waals surface area contributed by atoms with Crippen LogP contribution in [0.4, 0.5) is 0 Å². The summed E-state index contributed by atoms with van der Waals surface area (Å²) in [6.07, 6.45) is 1.36. The maximum atomic E-state index is 9.50. The van der Waals surface area contributed by atoms with Gasteiger partial charge in [0.2, 0.25) is 0 Å². The minimum absolute atomic E-state index is 0.349. The van der Waals surface area contributed by atoms with E-state index >= 15 is 0 Å². The zero-order valence-electron chi connectivity index (χ0n) is 9.98. The Balaban J connectivity index is 2.37. The van der Waals surface area contributed by atoms with Crippen molar-refractivity contribution < 1.29 is 14.6 Å². The van der Waals surface area contributed by atoms with Crippen LogP contribution >= 0.6 is 0 Å². The molecule has 90 valence electrons. The number of rotatable bonds is 7. The van der Waals surface area contributed by atoms with E-state index in [1.54, 1.807) is 0 Å². The van der Waals surface area contributed by atoms with Crippen LogP contribution in [0.5, 0.6) is 11.5 Å². The second-order valence-electron chi connectivity index (χ2n) is 3.66. The van der Waals surface area contributed by atoms with E-state index in [0.29, 0.717) is 13.2 Å². The molecule has 0 fully saturated rings. The molecule has 0 amide bonds. The maximum absolute atomic E-state index is 9.50. The molecule has 0 aliphatic heterocycles. The van der Waals surface area contributed by atoms with Crippen LogP contribution in [0.2, 0.25) is 0 Å². The molecule has 1 aromatic rings. The van der Waals surface area contributed by atoms with Gasteiger partial charge < -0.3 is 14.6 Å². The van der Waals surface area contributed by atoms with Gasteiger partial charge in [0.15, 0.2) is 0 Å². The van der Waals surface area contributed by atoms with Gasteiger partial charge in [0.05, 0.1) is 12.7 Å². The second kappa shape index (κ2) is 7.12. The number of hydrogen-bond acceptors (Lipinski definition) is 3. The number of aliphatic hydroxyl groups excluding tert-OH is 1. The van der Waals surface area contributed by atoms with Crippen molar-refractivity contribution in [2.24, 2.45) is 0 Å². The van der Waals surface area contributed by atoms with Gasteiger partial charge in [-0.1, -0.05) is 13.3 Å². The van der Waals surface area contributed by atoms with Gasteiger partial charge >= 0.3 is 0 Å². The zero-order chi connectivity index (χ0) is 11.8. The van der Waals surface area contributed by atoms with Crippen molar-refractivity contribution in [1.82, 2.24) is 0 Å². The van der Waals surface area contributed by atoms with E-state index < -0.39 is 0 Å². The predicted molar refractivity (Wildman–Crippen MR) is 64.0 cm³/mol. The highest BCUT2D eigenvalue weighted by atomic mass is 16.5. The molecule has 0 radical (unpaired) electrons. The summed E-state index contributed by atoms with van der Waals surface area (Å²) in [5, 5.41) is 9.50. The van der Waals surface area contributed by atoms with Crippen LogP contribution in [0, 0.1) is 0 Å². The lowest BCUT2D eigenvalue weighted by Gasteiger charge is -2.11. The van der Waals surface area contributed by atoms with Crippen molar-refractivity contribution in [2.75, 3.05) is 13.2 Å². The van der Waals surface area contributed by atoms with Gasteiger partial charge in [0.1, 0.15) is 18.1 Å². The first kappa shape index (κ1) is 12.8. The number of hydrogen-bond donors (Lipinski definition) is 1. The molecule has 3 heteroatoms. The van der Waals surface area contributed by atoms with Gasteiger partial charge in [-0.05, 0) is 37.6 Å². The van der Waals surface area contributed by atoms with E-state index in [4.69, 9.17) is 9.47 Å². The highest BCUT2D eigenvalue weighted by molar-refractivity contribution is 5.31. The first-order valence-corrected chi connectivity index (χ1v) is 5.80. The largest absolute Gasteiger partial charge is 0.494 e. The lowest BCUT2D eigenvalue weighted by molar-refractivity contribution is 0.0993. The molecule has 0 aliphatic rings. The van der Waals surface area contributed by atoms with Gasteiger partial charge in [-0.2, -0.15) is 0 Å². The lowest BCUT2D eigenvalue weighted by Crippen LogP contribution is -2.16. The molecule has 0 heterocycles. The molecule has 1 rings (SSSR count). The highest BCUT2D eigenvalue weighted by Crippen LogP contribution is 2.17. The molecule has 0 saturated carbocycles. The fourth-order valence-electron chi connectivity index (χ4n) is 1.41. The molecule has 0 aromatic heterocycles. The van der Waals surface area contributed by atoms with Crippen LogP contribution in [0.3, 0.4) is 0 Å². The summed E-state index contributed by atoms with van der Waals surface area (Å²) >= 11 is 0. The van der Waals surface area contributed by atoms with E-state index in [2.05, 4.69) is 0 Å². The molecule has 1 atom stereocenters. The molecule has 0 aliphatic carbocycles. The quantitative estimate of drug-likeness (QED) is 0.773. The molecule has 1 aromatic carbocycles. The average Bonchev–Trinajstić information content (AvgIpc) is 2.29. The molecule has 1 unspecified atom stereocenters. The Labute approximate surface area is 97.0 Å². The SMILES string of the molecule is CCCC(O)COc1ccc(OCC)cc1. The van der Waals surface area contributed by atoms with Gasteiger partial charge in [-0.25, -0.2) is 0 Å². The zero-order valence-corrected chi connectivity index (χ0v) is 9.98. The number of ether oxygens (including phenoxy) is 2. The molecule has 0 saturated heterocycles. The summed E-state index contributed by atoms with van der Waals surface area (Å²) in [5.74, 6) is 1.60. The molecule has 0 bridgehead atoms. The first-order valence-electron chi connectivity index (χ1n) is 5.80. The third-order valence-electron chi connectivity index (χ3n) is 2.20. The molecular formula is C13H20O3. The highest BCUT2D eigenvalue weighted by Gasteiger charge is 2.03. The summed E-state index contributed by atoms with van der Waals surface area (Å²) in [7, 11) is 0. The number of aliphatic hydroxyl groups is 1. The second-order valence-corrected chi connectivity index (χ2v) is 3.66. The molecule has 16 heavy (non-hydrogen) atoms. The molecular weight excluding hydrogens is 204 g/mol. The fourth-order valence-corrected chi connectivity index (χ4v) is 1.41. The maximum Gasteiger partial charge on any atom is 0.119 e. The van der Waals surface area contributed by atoms with Gasteiger partial charge in [0.25, 0.3) is 0 Å². The van der Waals surface area contributed by atoms with Crippen LogP contribution < -0.4 is 9.47 Å². The van der Waals surface area contributed by atoms with E-state index in [9.17, 15) is 5.11 Å². The smallest absolute Gasteiger partial charge is 0.119 e. The topological polar surface area (TPSA) is 38.7 Å². The fraction of sp³-hybridized carbons (Fsp3) is 0.538. The Morgan fingerprint density at radius 1 is 1.06 bits per heavy atom. The molecule has 3 nitrogen and oxygen atoms in total. The Hall–Kier alpha value is -1.22. The average molecular weight is 224 g/mol. The standard InChI is InChI=1S/C13H20O3/c1-3-5-11(14)10-16-13-8-6-12(7-9-13)15-4-2/h6-9,11,14H,3-5,10H2,1-2H3. The predicted octanol–water partition coefficient (Wildman–Crippen LogP) is 2.63. The van der Waals surface area contributed by atoms with Crippen molar-refractivity contribution in [3.63, 3.8) is 0 Å². The minimum atomic E-state index is -0.378. The molecule has 1 N–H and O–H groups in total. The monoisotopic (exact) mass is 224 g/mol. The van der Waals surface area contributed by atoms with Crippen molar-refractivity contribution in [2.45, 2.75) is 32.8 Å². The van der Waals surface area contributed by atoms with Gasteiger partial charge in [0, 0.05) is 0 Å². The summed E-state index contributed by atoms with van der Waals surface area (Å²) < 4.78 is 10.8. The first-order chi connectivity index (χ1) is 7.76. The van der Waals surface area contributed by atoms with Crippen LogP contribution in [0.1, 0.15) is 26.7 Å². The van der Waals surface area contributed by atoms with E-state index in [1.807, 2.05) is 38.1 Å². The van der Waals surface area contributed by atoms with E-state index in [1.165, 1.54) is 0 Å². The van der Waals surface area contributed by atoms with Gasteiger partial charge in [-0.3, -0.25) is 0 Å². The van der Waals surface area contributed by atoms with Crippen molar-refractivity contribution in [1.29, 1.82) is 0 Å². The lowest BCUT2D eigenvalue weighted by atomic mass is 10.2. The van der Waals surface area contributed by atoms with Crippen LogP contribution in [0.15, 0.2) is 24.3 Å². The van der Waals surface area contributed by atoms with Crippen molar-refractivity contribution >= 4 is 0 Å².